The van der Waals surface area contributed by atoms with Crippen LogP contribution in [0, 0.1) is 0 Å². The van der Waals surface area contributed by atoms with E-state index in [9.17, 15) is 18.0 Å². The number of likely N-dealkylation sites (N-methyl/N-ethyl adjacent to an activating group) is 1. The van der Waals surface area contributed by atoms with E-state index in [0.29, 0.717) is 18.0 Å². The lowest BCUT2D eigenvalue weighted by Gasteiger charge is -2.34. The number of sulfonamides is 1. The lowest BCUT2D eigenvalue weighted by atomic mass is 10.0. The van der Waals surface area contributed by atoms with E-state index in [1.54, 1.807) is 61.7 Å². The van der Waals surface area contributed by atoms with Crippen molar-refractivity contribution in [2.75, 3.05) is 24.5 Å². The van der Waals surface area contributed by atoms with Crippen molar-refractivity contribution >= 4 is 43.5 Å². The fourth-order valence-corrected chi connectivity index (χ4v) is 6.37. The molecular formula is C33H34BrN3O5S. The van der Waals surface area contributed by atoms with Crippen molar-refractivity contribution in [3.63, 3.8) is 0 Å². The number of halogens is 1. The number of benzene rings is 4. The number of hydrogen-bond donors (Lipinski definition) is 1. The normalized spacial score (nSPS) is 11.8. The van der Waals surface area contributed by atoms with Crippen LogP contribution in [0.15, 0.2) is 119 Å². The van der Waals surface area contributed by atoms with Crippen molar-refractivity contribution < 1.29 is 22.7 Å². The van der Waals surface area contributed by atoms with E-state index >= 15 is 0 Å². The van der Waals surface area contributed by atoms with Crippen LogP contribution >= 0.6 is 15.9 Å². The number of ether oxygens (including phenoxy) is 1. The van der Waals surface area contributed by atoms with Crippen LogP contribution < -0.4 is 14.4 Å². The Labute approximate surface area is 261 Å². The Morgan fingerprint density at radius 1 is 0.860 bits per heavy atom. The van der Waals surface area contributed by atoms with Crippen molar-refractivity contribution in [2.24, 2.45) is 0 Å². The molecule has 43 heavy (non-hydrogen) atoms. The maximum atomic E-state index is 14.4. The van der Waals surface area contributed by atoms with Gasteiger partial charge in [-0.15, -0.1) is 0 Å². The van der Waals surface area contributed by atoms with Gasteiger partial charge in [-0.1, -0.05) is 76.6 Å². The quantitative estimate of drug-likeness (QED) is 0.206. The van der Waals surface area contributed by atoms with Crippen molar-refractivity contribution in [1.82, 2.24) is 10.2 Å². The third-order valence-corrected chi connectivity index (χ3v) is 9.15. The summed E-state index contributed by atoms with van der Waals surface area (Å²) in [6.45, 7) is 1.73. The van der Waals surface area contributed by atoms with Crippen LogP contribution in [0.2, 0.25) is 0 Å². The summed E-state index contributed by atoms with van der Waals surface area (Å²) in [5.74, 6) is -0.258. The fraction of sp³-hybridized carbons (Fsp3) is 0.212. The smallest absolute Gasteiger partial charge is 0.264 e. The van der Waals surface area contributed by atoms with Gasteiger partial charge in [-0.25, -0.2) is 8.42 Å². The van der Waals surface area contributed by atoms with E-state index in [1.807, 2.05) is 49.4 Å². The Morgan fingerprint density at radius 2 is 1.49 bits per heavy atom. The van der Waals surface area contributed by atoms with Crippen LogP contribution in [-0.2, 0) is 32.6 Å². The van der Waals surface area contributed by atoms with Crippen molar-refractivity contribution in [3.8, 4) is 5.75 Å². The van der Waals surface area contributed by atoms with Gasteiger partial charge < -0.3 is 15.0 Å². The second-order valence-corrected chi connectivity index (χ2v) is 12.6. The van der Waals surface area contributed by atoms with Crippen LogP contribution in [0.3, 0.4) is 0 Å². The first-order valence-corrected chi connectivity index (χ1v) is 16.0. The molecule has 0 unspecified atom stereocenters. The maximum absolute atomic E-state index is 14.4. The van der Waals surface area contributed by atoms with E-state index in [0.717, 1.165) is 19.9 Å². The van der Waals surface area contributed by atoms with E-state index < -0.39 is 28.5 Å². The molecule has 10 heteroatoms. The number of rotatable bonds is 13. The minimum absolute atomic E-state index is 0.0506. The highest BCUT2D eigenvalue weighted by Gasteiger charge is 2.34. The Morgan fingerprint density at radius 3 is 2.12 bits per heavy atom. The molecule has 0 radical (unpaired) electrons. The minimum Gasteiger partial charge on any atom is -0.497 e. The monoisotopic (exact) mass is 663 g/mol. The minimum atomic E-state index is -4.14. The van der Waals surface area contributed by atoms with E-state index in [2.05, 4.69) is 21.2 Å². The molecule has 0 spiro atoms. The zero-order valence-corrected chi connectivity index (χ0v) is 26.4. The summed E-state index contributed by atoms with van der Waals surface area (Å²) in [6, 6.07) is 30.4. The number of carbonyl (C=O) groups is 2. The molecule has 4 aromatic carbocycles. The summed E-state index contributed by atoms with van der Waals surface area (Å²) in [4.78, 5) is 29.4. The highest BCUT2D eigenvalue weighted by atomic mass is 79.9. The Hall–Kier alpha value is -4.15. The summed E-state index contributed by atoms with van der Waals surface area (Å²) in [5.41, 5.74) is 1.92. The topological polar surface area (TPSA) is 96.0 Å². The largest absolute Gasteiger partial charge is 0.497 e. The average Bonchev–Trinajstić information content (AvgIpc) is 3.03. The van der Waals surface area contributed by atoms with Gasteiger partial charge in [0.25, 0.3) is 10.0 Å². The highest BCUT2D eigenvalue weighted by molar-refractivity contribution is 9.10. The number of nitrogens with one attached hydrogen (secondary N) is 1. The van der Waals surface area contributed by atoms with Gasteiger partial charge in [0.05, 0.1) is 17.7 Å². The van der Waals surface area contributed by atoms with Crippen molar-refractivity contribution in [2.45, 2.75) is 30.8 Å². The number of carbonyl (C=O) groups excluding carboxylic acids is 2. The number of anilines is 1. The van der Waals surface area contributed by atoms with E-state index in [1.165, 1.54) is 17.0 Å². The molecule has 224 valence electrons. The predicted molar refractivity (Wildman–Crippen MR) is 171 cm³/mol. The molecule has 1 atom stereocenters. The molecule has 0 aromatic heterocycles. The van der Waals surface area contributed by atoms with Gasteiger partial charge in [0, 0.05) is 24.0 Å². The van der Waals surface area contributed by atoms with E-state index in [4.69, 9.17) is 4.74 Å². The summed E-state index contributed by atoms with van der Waals surface area (Å²) < 4.78 is 35.2. The summed E-state index contributed by atoms with van der Waals surface area (Å²) in [7, 11) is -2.59. The first-order valence-electron chi connectivity index (χ1n) is 13.8. The molecule has 8 nitrogen and oxygen atoms in total. The number of nitrogens with zero attached hydrogens (tertiary/aromatic N) is 2. The second kappa shape index (κ2) is 14.8. The number of hydrogen-bond acceptors (Lipinski definition) is 5. The van der Waals surface area contributed by atoms with Gasteiger partial charge in [0.15, 0.2) is 0 Å². The van der Waals surface area contributed by atoms with Gasteiger partial charge in [-0.2, -0.15) is 0 Å². The zero-order valence-electron chi connectivity index (χ0n) is 24.0. The molecule has 4 rings (SSSR count). The molecule has 4 aromatic rings. The van der Waals surface area contributed by atoms with Crippen molar-refractivity contribution in [1.29, 1.82) is 0 Å². The molecule has 0 bridgehead atoms. The Bertz CT molecular complexity index is 1620. The molecule has 0 saturated heterocycles. The van der Waals surface area contributed by atoms with Crippen LogP contribution in [0.4, 0.5) is 5.69 Å². The van der Waals surface area contributed by atoms with Gasteiger partial charge in [0.2, 0.25) is 11.8 Å². The standard InChI is InChI=1S/C33H34BrN3O5S/c1-3-35-33(39)31(22-25-11-6-4-7-12-25)36(23-26-13-10-14-29(21-26)42-2)32(38)24-37(28-19-17-27(34)18-20-28)43(40,41)30-15-8-5-9-16-30/h4-21,31H,3,22-24H2,1-2H3,(H,35,39)/t31-/m1/s1. The maximum Gasteiger partial charge on any atom is 0.264 e. The molecule has 0 aliphatic carbocycles. The number of methoxy groups -OCH3 is 1. The first kappa shape index (κ1) is 31.8. The predicted octanol–water partition coefficient (Wildman–Crippen LogP) is 5.43. The summed E-state index contributed by atoms with van der Waals surface area (Å²) in [6.07, 6.45) is 0.242. The molecule has 0 fully saturated rings. The Balaban J connectivity index is 1.79. The van der Waals surface area contributed by atoms with E-state index in [-0.39, 0.29) is 23.8 Å². The number of amides is 2. The van der Waals surface area contributed by atoms with Crippen molar-refractivity contribution in [3.05, 3.63) is 125 Å². The first-order chi connectivity index (χ1) is 20.7. The van der Waals surface area contributed by atoms with Crippen LogP contribution in [0.5, 0.6) is 5.75 Å². The molecule has 0 heterocycles. The third-order valence-electron chi connectivity index (χ3n) is 6.83. The van der Waals surface area contributed by atoms with Gasteiger partial charge in [0.1, 0.15) is 18.3 Å². The molecular weight excluding hydrogens is 630 g/mol. The Kier molecular flexibility index (Phi) is 11.0. The highest BCUT2D eigenvalue weighted by Crippen LogP contribution is 2.27. The van der Waals surface area contributed by atoms with Gasteiger partial charge in [-0.3, -0.25) is 13.9 Å². The second-order valence-electron chi connectivity index (χ2n) is 9.77. The van der Waals surface area contributed by atoms with Gasteiger partial charge in [-0.05, 0) is 66.6 Å². The lowest BCUT2D eigenvalue weighted by Crippen LogP contribution is -2.53. The summed E-state index contributed by atoms with van der Waals surface area (Å²) in [5, 5.41) is 2.86. The molecule has 1 N–H and O–H groups in total. The lowest BCUT2D eigenvalue weighted by molar-refractivity contribution is -0.140. The zero-order chi connectivity index (χ0) is 30.8. The van der Waals surface area contributed by atoms with Crippen LogP contribution in [0.25, 0.3) is 0 Å². The third kappa shape index (κ3) is 8.24. The molecule has 2 amide bonds. The van der Waals surface area contributed by atoms with Crippen LogP contribution in [0.1, 0.15) is 18.1 Å². The van der Waals surface area contributed by atoms with Crippen LogP contribution in [-0.4, -0.2) is 51.4 Å². The molecule has 0 aliphatic rings. The van der Waals surface area contributed by atoms with Gasteiger partial charge >= 0.3 is 0 Å². The average molecular weight is 665 g/mol. The summed E-state index contributed by atoms with van der Waals surface area (Å²) >= 11 is 3.40. The molecule has 0 aliphatic heterocycles. The SMILES string of the molecule is CCNC(=O)[C@@H](Cc1ccccc1)N(Cc1cccc(OC)c1)C(=O)CN(c1ccc(Br)cc1)S(=O)(=O)c1ccccc1. The molecule has 0 saturated carbocycles. The fourth-order valence-electron chi connectivity index (χ4n) is 4.67.